The first kappa shape index (κ1) is 15.5. The van der Waals surface area contributed by atoms with Crippen molar-refractivity contribution in [3.63, 3.8) is 0 Å². The Morgan fingerprint density at radius 3 is 2.55 bits per heavy atom. The van der Waals surface area contributed by atoms with Gasteiger partial charge in [0.1, 0.15) is 0 Å². The molecule has 1 heterocycles. The second-order valence-electron chi connectivity index (χ2n) is 5.59. The Hall–Kier alpha value is -0.870. The van der Waals surface area contributed by atoms with E-state index in [-0.39, 0.29) is 11.3 Å². The monoisotopic (exact) mass is 338 g/mol. The molecule has 3 nitrogen and oxygen atoms in total. The third-order valence-corrected chi connectivity index (χ3v) is 4.67. The first-order chi connectivity index (χ1) is 9.66. The van der Waals surface area contributed by atoms with Crippen LogP contribution in [0, 0.1) is 5.41 Å². The van der Waals surface area contributed by atoms with Crippen LogP contribution in [0.3, 0.4) is 0 Å². The largest absolute Gasteiger partial charge is 0.352 e. The molecule has 0 aromatic heterocycles. The molecule has 0 radical (unpaired) electrons. The van der Waals surface area contributed by atoms with E-state index < -0.39 is 0 Å². The van der Waals surface area contributed by atoms with E-state index in [0.717, 1.165) is 48.8 Å². The molecule has 0 atom stereocenters. The summed E-state index contributed by atoms with van der Waals surface area (Å²) < 4.78 is 1.06. The van der Waals surface area contributed by atoms with Gasteiger partial charge in [-0.1, -0.05) is 41.4 Å². The second-order valence-corrected chi connectivity index (χ2v) is 6.51. The van der Waals surface area contributed by atoms with Gasteiger partial charge in [-0.2, -0.15) is 0 Å². The highest BCUT2D eigenvalue weighted by Crippen LogP contribution is 2.34. The lowest BCUT2D eigenvalue weighted by Crippen LogP contribution is -2.47. The summed E-state index contributed by atoms with van der Waals surface area (Å²) in [6.45, 7) is 4.67. The van der Waals surface area contributed by atoms with Gasteiger partial charge in [0.05, 0.1) is 5.41 Å². The Balaban J connectivity index is 1.96. The number of amides is 1. The number of carbonyl (C=O) groups is 1. The number of benzene rings is 1. The van der Waals surface area contributed by atoms with E-state index in [0.29, 0.717) is 6.54 Å². The molecule has 1 aliphatic rings. The fourth-order valence-electron chi connectivity index (χ4n) is 2.95. The van der Waals surface area contributed by atoms with Gasteiger partial charge in [0.2, 0.25) is 5.91 Å². The van der Waals surface area contributed by atoms with Crippen LogP contribution in [-0.2, 0) is 11.3 Å². The molecule has 2 N–H and O–H groups in total. The minimum Gasteiger partial charge on any atom is -0.352 e. The van der Waals surface area contributed by atoms with Crippen LogP contribution in [0.25, 0.3) is 0 Å². The molecule has 2 rings (SSSR count). The molecule has 1 saturated heterocycles. The van der Waals surface area contributed by atoms with Crippen LogP contribution in [0.15, 0.2) is 28.7 Å². The van der Waals surface area contributed by atoms with Crippen molar-refractivity contribution < 1.29 is 4.79 Å². The number of piperidine rings is 1. The van der Waals surface area contributed by atoms with Gasteiger partial charge in [-0.05, 0) is 50.0 Å². The van der Waals surface area contributed by atoms with Crippen molar-refractivity contribution >= 4 is 21.8 Å². The fourth-order valence-corrected chi connectivity index (χ4v) is 3.21. The topological polar surface area (TPSA) is 41.1 Å². The van der Waals surface area contributed by atoms with E-state index in [1.54, 1.807) is 0 Å². The molecular weight excluding hydrogens is 316 g/mol. The van der Waals surface area contributed by atoms with Crippen molar-refractivity contribution in [3.8, 4) is 0 Å². The van der Waals surface area contributed by atoms with Crippen LogP contribution in [0.4, 0.5) is 0 Å². The summed E-state index contributed by atoms with van der Waals surface area (Å²) in [4.78, 5) is 12.6. The molecule has 1 fully saturated rings. The number of hydrogen-bond acceptors (Lipinski definition) is 2. The lowest BCUT2D eigenvalue weighted by molar-refractivity contribution is -0.133. The van der Waals surface area contributed by atoms with Crippen LogP contribution in [-0.4, -0.2) is 19.0 Å². The average molecular weight is 339 g/mol. The van der Waals surface area contributed by atoms with Crippen molar-refractivity contribution in [1.82, 2.24) is 10.6 Å². The zero-order valence-corrected chi connectivity index (χ0v) is 13.6. The maximum Gasteiger partial charge on any atom is 0.226 e. The molecule has 1 aromatic carbocycles. The number of hydrogen-bond donors (Lipinski definition) is 2. The van der Waals surface area contributed by atoms with E-state index in [4.69, 9.17) is 0 Å². The fraction of sp³-hybridized carbons (Fsp3) is 0.562. The molecular formula is C16H23BrN2O. The molecule has 1 aliphatic heterocycles. The van der Waals surface area contributed by atoms with Gasteiger partial charge in [-0.3, -0.25) is 4.79 Å². The average Bonchev–Trinajstić information content (AvgIpc) is 2.47. The van der Waals surface area contributed by atoms with Crippen molar-refractivity contribution in [2.24, 2.45) is 5.41 Å². The van der Waals surface area contributed by atoms with Crippen molar-refractivity contribution in [3.05, 3.63) is 34.3 Å². The minimum absolute atomic E-state index is 0.157. The number of rotatable bonds is 5. The zero-order chi connectivity index (χ0) is 14.4. The van der Waals surface area contributed by atoms with Crippen LogP contribution in [0.5, 0.6) is 0 Å². The molecule has 1 amide bonds. The minimum atomic E-state index is -0.157. The Labute approximate surface area is 129 Å². The van der Waals surface area contributed by atoms with Crippen LogP contribution < -0.4 is 10.6 Å². The molecule has 0 saturated carbocycles. The van der Waals surface area contributed by atoms with Gasteiger partial charge in [-0.15, -0.1) is 0 Å². The summed E-state index contributed by atoms with van der Waals surface area (Å²) in [5, 5.41) is 6.48. The zero-order valence-electron chi connectivity index (χ0n) is 12.0. The standard InChI is InChI=1S/C16H23BrN2O/c1-2-7-16(8-10-18-11-9-16)15(20)19-12-13-3-5-14(17)6-4-13/h3-6,18H,2,7-12H2,1H3,(H,19,20). The van der Waals surface area contributed by atoms with Gasteiger partial charge in [0, 0.05) is 11.0 Å². The molecule has 0 spiro atoms. The lowest BCUT2D eigenvalue weighted by atomic mass is 9.74. The normalized spacial score (nSPS) is 17.7. The van der Waals surface area contributed by atoms with Crippen LogP contribution >= 0.6 is 15.9 Å². The highest BCUT2D eigenvalue weighted by molar-refractivity contribution is 9.10. The summed E-state index contributed by atoms with van der Waals surface area (Å²) in [6.07, 6.45) is 3.95. The Morgan fingerprint density at radius 2 is 1.95 bits per heavy atom. The van der Waals surface area contributed by atoms with Crippen molar-refractivity contribution in [2.75, 3.05) is 13.1 Å². The van der Waals surface area contributed by atoms with Crippen LogP contribution in [0.1, 0.15) is 38.2 Å². The summed E-state index contributed by atoms with van der Waals surface area (Å²) in [5.74, 6) is 0.226. The molecule has 0 unspecified atom stereocenters. The summed E-state index contributed by atoms with van der Waals surface area (Å²) in [6, 6.07) is 8.10. The predicted octanol–water partition coefficient (Wildman–Crippen LogP) is 3.24. The smallest absolute Gasteiger partial charge is 0.226 e. The Kier molecular flexibility index (Phi) is 5.61. The van der Waals surface area contributed by atoms with Gasteiger partial charge < -0.3 is 10.6 Å². The van der Waals surface area contributed by atoms with Crippen LogP contribution in [0.2, 0.25) is 0 Å². The second kappa shape index (κ2) is 7.23. The first-order valence-corrected chi connectivity index (χ1v) is 8.19. The van der Waals surface area contributed by atoms with Crippen molar-refractivity contribution in [1.29, 1.82) is 0 Å². The summed E-state index contributed by atoms with van der Waals surface area (Å²) in [7, 11) is 0. The van der Waals surface area contributed by atoms with E-state index >= 15 is 0 Å². The van der Waals surface area contributed by atoms with Gasteiger partial charge in [0.25, 0.3) is 0 Å². The third-order valence-electron chi connectivity index (χ3n) is 4.14. The van der Waals surface area contributed by atoms with E-state index in [1.165, 1.54) is 0 Å². The summed E-state index contributed by atoms with van der Waals surface area (Å²) >= 11 is 3.42. The molecule has 4 heteroatoms. The maximum atomic E-state index is 12.6. The molecule has 20 heavy (non-hydrogen) atoms. The lowest BCUT2D eigenvalue weighted by Gasteiger charge is -2.36. The molecule has 1 aromatic rings. The van der Waals surface area contributed by atoms with Gasteiger partial charge in [0.15, 0.2) is 0 Å². The molecule has 0 bridgehead atoms. The van der Waals surface area contributed by atoms with Gasteiger partial charge >= 0.3 is 0 Å². The highest BCUT2D eigenvalue weighted by atomic mass is 79.9. The quantitative estimate of drug-likeness (QED) is 0.865. The number of nitrogens with one attached hydrogen (secondary N) is 2. The SMILES string of the molecule is CCCC1(C(=O)NCc2ccc(Br)cc2)CCNCC1. The van der Waals surface area contributed by atoms with Crippen molar-refractivity contribution in [2.45, 2.75) is 39.2 Å². The van der Waals surface area contributed by atoms with E-state index in [9.17, 15) is 4.79 Å². The molecule has 110 valence electrons. The van der Waals surface area contributed by atoms with E-state index in [1.807, 2.05) is 24.3 Å². The number of carbonyl (C=O) groups excluding carboxylic acids is 1. The predicted molar refractivity (Wildman–Crippen MR) is 85.4 cm³/mol. The first-order valence-electron chi connectivity index (χ1n) is 7.40. The van der Waals surface area contributed by atoms with E-state index in [2.05, 4.69) is 33.5 Å². The summed E-state index contributed by atoms with van der Waals surface area (Å²) in [5.41, 5.74) is 0.983. The Bertz CT molecular complexity index is 433. The third kappa shape index (κ3) is 3.83. The molecule has 0 aliphatic carbocycles. The maximum absolute atomic E-state index is 12.6. The Morgan fingerprint density at radius 1 is 1.30 bits per heavy atom. The highest BCUT2D eigenvalue weighted by Gasteiger charge is 2.38. The van der Waals surface area contributed by atoms with Gasteiger partial charge in [-0.25, -0.2) is 0 Å². The number of halogens is 1.